The third-order valence-electron chi connectivity index (χ3n) is 6.18. The number of primary amides is 1. The molecule has 0 bridgehead atoms. The van der Waals surface area contributed by atoms with Crippen LogP contribution in [0.1, 0.15) is 41.4 Å². The zero-order valence-corrected chi connectivity index (χ0v) is 18.6. The minimum Gasteiger partial charge on any atom is -0.493 e. The number of ether oxygens (including phenoxy) is 2. The topological polar surface area (TPSA) is 104 Å². The maximum atomic E-state index is 14.4. The van der Waals surface area contributed by atoms with Gasteiger partial charge in [-0.3, -0.25) is 14.6 Å². The van der Waals surface area contributed by atoms with E-state index in [0.717, 1.165) is 26.2 Å². The van der Waals surface area contributed by atoms with E-state index in [2.05, 4.69) is 10.3 Å². The number of nitrogens with zero attached hydrogens (tertiary/aromatic N) is 1. The summed E-state index contributed by atoms with van der Waals surface area (Å²) in [4.78, 5) is 28.4. The highest BCUT2D eigenvalue weighted by atomic mass is 19.4. The number of rotatable bonds is 5. The first-order valence-corrected chi connectivity index (χ1v) is 10.1. The Kier molecular flexibility index (Phi) is 6.57. The van der Waals surface area contributed by atoms with Gasteiger partial charge in [0.15, 0.2) is 17.2 Å². The molecular weight excluding hydrogens is 465 g/mol. The third kappa shape index (κ3) is 4.17. The summed E-state index contributed by atoms with van der Waals surface area (Å²) in [7, 11) is 1.03. The Morgan fingerprint density at radius 1 is 1.26 bits per heavy atom. The van der Waals surface area contributed by atoms with Crippen molar-refractivity contribution in [1.29, 1.82) is 0 Å². The summed E-state index contributed by atoms with van der Waals surface area (Å²) in [5.41, 5.74) is 2.53. The number of halogens is 5. The molecule has 0 radical (unpaired) electrons. The van der Waals surface area contributed by atoms with Gasteiger partial charge in [0.25, 0.3) is 11.8 Å². The molecule has 0 spiro atoms. The molecule has 12 heteroatoms. The third-order valence-corrected chi connectivity index (χ3v) is 6.18. The van der Waals surface area contributed by atoms with Gasteiger partial charge in [-0.15, -0.1) is 0 Å². The van der Waals surface area contributed by atoms with Crippen LogP contribution in [0, 0.1) is 24.5 Å². The molecule has 1 aromatic carbocycles. The summed E-state index contributed by atoms with van der Waals surface area (Å²) >= 11 is 0. The number of amides is 2. The number of carbonyl (C=O) groups is 2. The summed E-state index contributed by atoms with van der Waals surface area (Å²) in [6.07, 6.45) is -5.41. The fraction of sp³-hybridized carbons (Fsp3) is 0.409. The second kappa shape index (κ2) is 8.82. The number of alkyl halides is 3. The minimum atomic E-state index is -4.89. The van der Waals surface area contributed by atoms with Gasteiger partial charge in [-0.25, -0.2) is 4.39 Å². The van der Waals surface area contributed by atoms with E-state index in [1.165, 1.54) is 19.2 Å². The molecule has 34 heavy (non-hydrogen) atoms. The van der Waals surface area contributed by atoms with Crippen LogP contribution in [0.5, 0.6) is 5.75 Å². The van der Waals surface area contributed by atoms with Gasteiger partial charge in [0.2, 0.25) is 5.82 Å². The van der Waals surface area contributed by atoms with Crippen molar-refractivity contribution in [2.24, 2.45) is 11.7 Å². The monoisotopic (exact) mass is 487 g/mol. The van der Waals surface area contributed by atoms with Crippen LogP contribution >= 0.6 is 0 Å². The lowest BCUT2D eigenvalue weighted by Gasteiger charge is -2.32. The average Bonchev–Trinajstić information content (AvgIpc) is 3.03. The molecule has 3 N–H and O–H groups in total. The second-order valence-corrected chi connectivity index (χ2v) is 8.18. The summed E-state index contributed by atoms with van der Waals surface area (Å²) in [6, 6.07) is 2.97. The molecule has 2 amide bonds. The van der Waals surface area contributed by atoms with Gasteiger partial charge in [0, 0.05) is 29.3 Å². The Labute approximate surface area is 191 Å². The lowest BCUT2D eigenvalue weighted by atomic mass is 9.77. The van der Waals surface area contributed by atoms with Crippen LogP contribution in [-0.4, -0.2) is 41.8 Å². The molecule has 1 saturated heterocycles. The number of pyridine rings is 1. The van der Waals surface area contributed by atoms with E-state index in [9.17, 15) is 31.5 Å². The summed E-state index contributed by atoms with van der Waals surface area (Å²) in [6.45, 7) is 3.53. The Balaban J connectivity index is 2.10. The van der Waals surface area contributed by atoms with Crippen molar-refractivity contribution in [3.63, 3.8) is 0 Å². The van der Waals surface area contributed by atoms with Gasteiger partial charge in [-0.05, 0) is 31.5 Å². The van der Waals surface area contributed by atoms with Crippen LogP contribution in [-0.2, 0) is 9.53 Å². The standard InChI is InChI=1S/C22H22F5N3O4/c1-9-8-29-14(19(28)31)7-13(9)30-20(32)18-15(10(2)21(3,34-18)22(25,26)27)11-5-6-12(23)16(24)17(11)33-4/h5-8,10,15,18H,1-4H3,(H2,28,31)(H,29,30,32)/t10-,15+,18-,21-/m1/s1. The van der Waals surface area contributed by atoms with Crippen LogP contribution in [0.2, 0.25) is 0 Å². The number of aryl methyl sites for hydroxylation is 1. The lowest BCUT2D eigenvalue weighted by Crippen LogP contribution is -2.47. The molecule has 1 aliphatic heterocycles. The maximum Gasteiger partial charge on any atom is 0.417 e. The molecule has 2 heterocycles. The molecule has 0 aliphatic carbocycles. The Hall–Kier alpha value is -3.28. The fourth-order valence-corrected chi connectivity index (χ4v) is 4.04. The number of carbonyl (C=O) groups excluding carboxylic acids is 2. The maximum absolute atomic E-state index is 14.4. The van der Waals surface area contributed by atoms with Gasteiger partial charge in [0.05, 0.1) is 7.11 Å². The number of hydrogen-bond donors (Lipinski definition) is 2. The summed E-state index contributed by atoms with van der Waals surface area (Å²) < 4.78 is 80.4. The zero-order chi connectivity index (χ0) is 25.6. The molecule has 184 valence electrons. The highest BCUT2D eigenvalue weighted by Crippen LogP contribution is 2.55. The molecule has 0 saturated carbocycles. The first-order chi connectivity index (χ1) is 15.7. The van der Waals surface area contributed by atoms with Gasteiger partial charge in [-0.2, -0.15) is 17.6 Å². The van der Waals surface area contributed by atoms with Crippen molar-refractivity contribution in [3.05, 3.63) is 52.9 Å². The molecule has 1 aliphatic rings. The van der Waals surface area contributed by atoms with Crippen molar-refractivity contribution in [3.8, 4) is 5.75 Å². The second-order valence-electron chi connectivity index (χ2n) is 8.18. The first-order valence-electron chi connectivity index (χ1n) is 10.1. The van der Waals surface area contributed by atoms with Crippen LogP contribution in [0.3, 0.4) is 0 Å². The number of hydrogen-bond acceptors (Lipinski definition) is 5. The van der Waals surface area contributed by atoms with Gasteiger partial charge in [-0.1, -0.05) is 13.0 Å². The highest BCUT2D eigenvalue weighted by molar-refractivity contribution is 5.98. The quantitative estimate of drug-likeness (QED) is 0.624. The van der Waals surface area contributed by atoms with E-state index in [1.54, 1.807) is 6.92 Å². The van der Waals surface area contributed by atoms with Crippen LogP contribution < -0.4 is 15.8 Å². The number of methoxy groups -OCH3 is 1. The van der Waals surface area contributed by atoms with Gasteiger partial charge in [0.1, 0.15) is 11.8 Å². The average molecular weight is 487 g/mol. The van der Waals surface area contributed by atoms with E-state index in [0.29, 0.717) is 5.56 Å². The first kappa shape index (κ1) is 25.3. The molecule has 4 atom stereocenters. The van der Waals surface area contributed by atoms with E-state index in [-0.39, 0.29) is 16.9 Å². The molecule has 1 aromatic heterocycles. The molecule has 1 fully saturated rings. The van der Waals surface area contributed by atoms with Crippen molar-refractivity contribution in [2.75, 3.05) is 12.4 Å². The number of benzene rings is 1. The predicted octanol–water partition coefficient (Wildman–Crippen LogP) is 3.85. The van der Waals surface area contributed by atoms with Gasteiger partial charge < -0.3 is 20.5 Å². The Bertz CT molecular complexity index is 1140. The predicted molar refractivity (Wildman–Crippen MR) is 110 cm³/mol. The van der Waals surface area contributed by atoms with Crippen molar-refractivity contribution >= 4 is 17.5 Å². The molecule has 3 rings (SSSR count). The molecular formula is C22H22F5N3O4. The molecule has 0 unspecified atom stereocenters. The smallest absolute Gasteiger partial charge is 0.417 e. The Morgan fingerprint density at radius 2 is 1.91 bits per heavy atom. The molecule has 7 nitrogen and oxygen atoms in total. The minimum absolute atomic E-state index is 0.0710. The van der Waals surface area contributed by atoms with Crippen LogP contribution in [0.4, 0.5) is 27.6 Å². The SMILES string of the molecule is COc1c([C@@H]2[C@@H](C)[C@](C)(C(F)(F)F)O[C@H]2C(=O)Nc2cc(C(N)=O)ncc2C)ccc(F)c1F. The van der Waals surface area contributed by atoms with E-state index in [4.69, 9.17) is 15.2 Å². The summed E-state index contributed by atoms with van der Waals surface area (Å²) in [5, 5.41) is 2.43. The summed E-state index contributed by atoms with van der Waals surface area (Å²) in [5.74, 6) is -7.94. The van der Waals surface area contributed by atoms with Crippen LogP contribution in [0.25, 0.3) is 0 Å². The van der Waals surface area contributed by atoms with Crippen LogP contribution in [0.15, 0.2) is 24.4 Å². The highest BCUT2D eigenvalue weighted by Gasteiger charge is 2.65. The lowest BCUT2D eigenvalue weighted by molar-refractivity contribution is -0.272. The number of nitrogens with two attached hydrogens (primary N) is 1. The van der Waals surface area contributed by atoms with E-state index < -0.39 is 58.9 Å². The normalized spacial score (nSPS) is 24.7. The Morgan fingerprint density at radius 3 is 2.47 bits per heavy atom. The van der Waals surface area contributed by atoms with Gasteiger partial charge >= 0.3 is 6.18 Å². The van der Waals surface area contributed by atoms with Crippen molar-refractivity contribution in [1.82, 2.24) is 4.98 Å². The number of aromatic nitrogens is 1. The van der Waals surface area contributed by atoms with E-state index in [1.807, 2.05) is 0 Å². The number of nitrogens with one attached hydrogen (secondary N) is 1. The van der Waals surface area contributed by atoms with Crippen molar-refractivity contribution < 1.29 is 41.0 Å². The van der Waals surface area contributed by atoms with Crippen molar-refractivity contribution in [2.45, 2.75) is 44.6 Å². The largest absolute Gasteiger partial charge is 0.493 e. The van der Waals surface area contributed by atoms with E-state index >= 15 is 0 Å². The zero-order valence-electron chi connectivity index (χ0n) is 18.6. The molecule has 2 aromatic rings. The fourth-order valence-electron chi connectivity index (χ4n) is 4.04. The number of anilines is 1.